The minimum atomic E-state index is -1.09. The monoisotopic (exact) mass is 361 g/mol. The molecule has 0 atom stereocenters. The number of carbonyl (C=O) groups excluding carboxylic acids is 1. The van der Waals surface area contributed by atoms with Crippen molar-refractivity contribution in [2.75, 3.05) is 5.32 Å². The normalized spacial score (nSPS) is 10.5. The van der Waals surface area contributed by atoms with Gasteiger partial charge in [-0.3, -0.25) is 14.2 Å². The van der Waals surface area contributed by atoms with Crippen molar-refractivity contribution < 1.29 is 13.6 Å². The van der Waals surface area contributed by atoms with E-state index in [-0.39, 0.29) is 17.1 Å². The van der Waals surface area contributed by atoms with Gasteiger partial charge in [0, 0.05) is 29.0 Å². The lowest BCUT2D eigenvalue weighted by Crippen LogP contribution is -2.26. The summed E-state index contributed by atoms with van der Waals surface area (Å²) in [6, 6.07) is 9.08. The summed E-state index contributed by atoms with van der Waals surface area (Å²) >= 11 is 5.76. The Labute approximate surface area is 145 Å². The molecule has 1 N–H and O–H groups in total. The molecule has 0 saturated carbocycles. The van der Waals surface area contributed by atoms with E-state index in [0.29, 0.717) is 5.02 Å². The van der Waals surface area contributed by atoms with Gasteiger partial charge in [0.25, 0.3) is 11.5 Å². The number of nitrogens with one attached hydrogen (secondary N) is 1. The maximum Gasteiger partial charge on any atom is 0.298 e. The molecule has 25 heavy (non-hydrogen) atoms. The second-order valence-electron chi connectivity index (χ2n) is 5.01. The molecule has 0 aliphatic heterocycles. The van der Waals surface area contributed by atoms with Crippen molar-refractivity contribution in [3.8, 4) is 5.69 Å². The van der Waals surface area contributed by atoms with E-state index in [1.165, 1.54) is 42.7 Å². The van der Waals surface area contributed by atoms with Gasteiger partial charge in [-0.1, -0.05) is 11.6 Å². The standard InChI is InChI=1S/C17H10ClF2N3O2/c18-11-3-1-10(2-4-11)16(24)22-15-17(25)23(8-7-21-15)12-5-6-13(19)14(20)9-12/h1-9H,(H,21,22,24). The van der Waals surface area contributed by atoms with Crippen molar-refractivity contribution in [1.29, 1.82) is 0 Å². The topological polar surface area (TPSA) is 64.0 Å². The Morgan fingerprint density at radius 2 is 1.80 bits per heavy atom. The molecule has 0 fully saturated rings. The van der Waals surface area contributed by atoms with Gasteiger partial charge in [-0.25, -0.2) is 13.8 Å². The van der Waals surface area contributed by atoms with Gasteiger partial charge in [0.05, 0.1) is 5.69 Å². The number of halogens is 3. The molecule has 0 aliphatic carbocycles. The van der Waals surface area contributed by atoms with E-state index < -0.39 is 23.1 Å². The van der Waals surface area contributed by atoms with E-state index in [4.69, 9.17) is 11.6 Å². The molecule has 0 saturated heterocycles. The maximum atomic E-state index is 13.4. The second-order valence-corrected chi connectivity index (χ2v) is 5.45. The fourth-order valence-electron chi connectivity index (χ4n) is 2.12. The molecule has 1 amide bonds. The molecular weight excluding hydrogens is 352 g/mol. The molecule has 126 valence electrons. The van der Waals surface area contributed by atoms with Gasteiger partial charge < -0.3 is 5.32 Å². The number of benzene rings is 2. The van der Waals surface area contributed by atoms with Crippen LogP contribution >= 0.6 is 11.6 Å². The highest BCUT2D eigenvalue weighted by molar-refractivity contribution is 6.30. The van der Waals surface area contributed by atoms with Crippen molar-refractivity contribution in [3.63, 3.8) is 0 Å². The summed E-state index contributed by atoms with van der Waals surface area (Å²) in [6.45, 7) is 0. The summed E-state index contributed by atoms with van der Waals surface area (Å²) in [5.41, 5.74) is -0.294. The maximum absolute atomic E-state index is 13.4. The Kier molecular flexibility index (Phi) is 4.58. The average Bonchev–Trinajstić information content (AvgIpc) is 2.60. The molecule has 5 nitrogen and oxygen atoms in total. The lowest BCUT2D eigenvalue weighted by atomic mass is 10.2. The largest absolute Gasteiger partial charge is 0.302 e. The molecule has 8 heteroatoms. The number of rotatable bonds is 3. The zero-order valence-electron chi connectivity index (χ0n) is 12.5. The number of amides is 1. The fourth-order valence-corrected chi connectivity index (χ4v) is 2.24. The number of nitrogens with zero attached hydrogens (tertiary/aromatic N) is 2. The third-order valence-electron chi connectivity index (χ3n) is 3.36. The van der Waals surface area contributed by atoms with Gasteiger partial charge in [0.1, 0.15) is 0 Å². The van der Waals surface area contributed by atoms with Crippen molar-refractivity contribution in [2.24, 2.45) is 0 Å². The van der Waals surface area contributed by atoms with Crippen LogP contribution in [-0.2, 0) is 0 Å². The van der Waals surface area contributed by atoms with E-state index >= 15 is 0 Å². The molecule has 0 radical (unpaired) electrons. The van der Waals surface area contributed by atoms with Gasteiger partial charge in [0.15, 0.2) is 17.5 Å². The van der Waals surface area contributed by atoms with Crippen LogP contribution in [0.5, 0.6) is 0 Å². The predicted octanol–water partition coefficient (Wildman–Crippen LogP) is 3.42. The van der Waals surface area contributed by atoms with Crippen molar-refractivity contribution in [3.05, 3.63) is 87.4 Å². The first-order valence-corrected chi connectivity index (χ1v) is 7.43. The highest BCUT2D eigenvalue weighted by atomic mass is 35.5. The molecule has 0 spiro atoms. The van der Waals surface area contributed by atoms with Crippen LogP contribution < -0.4 is 10.9 Å². The van der Waals surface area contributed by atoms with E-state index in [0.717, 1.165) is 16.7 Å². The summed E-state index contributed by atoms with van der Waals surface area (Å²) in [5.74, 6) is -2.91. The molecule has 3 rings (SSSR count). The molecule has 2 aromatic carbocycles. The summed E-state index contributed by atoms with van der Waals surface area (Å²) < 4.78 is 27.5. The fraction of sp³-hybridized carbons (Fsp3) is 0. The van der Waals surface area contributed by atoms with Crippen LogP contribution in [-0.4, -0.2) is 15.5 Å². The summed E-state index contributed by atoms with van der Waals surface area (Å²) in [7, 11) is 0. The molecule has 0 aliphatic rings. The van der Waals surface area contributed by atoms with Gasteiger partial charge in [-0.15, -0.1) is 0 Å². The van der Waals surface area contributed by atoms with E-state index in [1.54, 1.807) is 0 Å². The second kappa shape index (κ2) is 6.82. The smallest absolute Gasteiger partial charge is 0.298 e. The van der Waals surface area contributed by atoms with Crippen molar-refractivity contribution in [2.45, 2.75) is 0 Å². The Bertz CT molecular complexity index is 1000. The minimum Gasteiger partial charge on any atom is -0.302 e. The van der Waals surface area contributed by atoms with Crippen LogP contribution in [0.15, 0.2) is 59.7 Å². The van der Waals surface area contributed by atoms with Crippen LogP contribution in [0, 0.1) is 11.6 Å². The number of carbonyl (C=O) groups is 1. The molecule has 1 aromatic heterocycles. The van der Waals surface area contributed by atoms with Crippen LogP contribution in [0.1, 0.15) is 10.4 Å². The Hall–Kier alpha value is -3.06. The minimum absolute atomic E-state index is 0.105. The number of anilines is 1. The molecule has 0 unspecified atom stereocenters. The Morgan fingerprint density at radius 3 is 2.48 bits per heavy atom. The molecule has 0 bridgehead atoms. The van der Waals surface area contributed by atoms with E-state index in [9.17, 15) is 18.4 Å². The summed E-state index contributed by atoms with van der Waals surface area (Å²) in [6.07, 6.45) is 2.55. The number of hydrogen-bond acceptors (Lipinski definition) is 3. The zero-order chi connectivity index (χ0) is 18.0. The lowest BCUT2D eigenvalue weighted by Gasteiger charge is -2.09. The highest BCUT2D eigenvalue weighted by Gasteiger charge is 2.13. The van der Waals surface area contributed by atoms with Gasteiger partial charge >= 0.3 is 0 Å². The van der Waals surface area contributed by atoms with Crippen LogP contribution in [0.2, 0.25) is 5.02 Å². The summed E-state index contributed by atoms with van der Waals surface area (Å²) in [4.78, 5) is 28.4. The Balaban J connectivity index is 1.93. The third-order valence-corrected chi connectivity index (χ3v) is 3.61. The van der Waals surface area contributed by atoms with Gasteiger partial charge in [-0.05, 0) is 36.4 Å². The average molecular weight is 362 g/mol. The molecular formula is C17H10ClF2N3O2. The van der Waals surface area contributed by atoms with E-state index in [2.05, 4.69) is 10.3 Å². The van der Waals surface area contributed by atoms with Crippen molar-refractivity contribution >= 4 is 23.3 Å². The van der Waals surface area contributed by atoms with E-state index in [1.807, 2.05) is 0 Å². The first kappa shape index (κ1) is 16.8. The molecule has 3 aromatic rings. The zero-order valence-corrected chi connectivity index (χ0v) is 13.3. The van der Waals surface area contributed by atoms with Crippen molar-refractivity contribution in [1.82, 2.24) is 9.55 Å². The predicted molar refractivity (Wildman–Crippen MR) is 89.2 cm³/mol. The highest BCUT2D eigenvalue weighted by Crippen LogP contribution is 2.13. The Morgan fingerprint density at radius 1 is 1.08 bits per heavy atom. The first-order chi connectivity index (χ1) is 12.0. The third kappa shape index (κ3) is 3.56. The van der Waals surface area contributed by atoms with Crippen LogP contribution in [0.3, 0.4) is 0 Å². The number of hydrogen-bond donors (Lipinski definition) is 1. The SMILES string of the molecule is O=C(Nc1nccn(-c2ccc(F)c(F)c2)c1=O)c1ccc(Cl)cc1. The summed E-state index contributed by atoms with van der Waals surface area (Å²) in [5, 5.41) is 2.86. The number of aromatic nitrogens is 2. The lowest BCUT2D eigenvalue weighted by molar-refractivity contribution is 0.102. The molecule has 1 heterocycles. The van der Waals surface area contributed by atoms with Crippen LogP contribution in [0.4, 0.5) is 14.6 Å². The quantitative estimate of drug-likeness (QED) is 0.777. The first-order valence-electron chi connectivity index (χ1n) is 7.06. The van der Waals surface area contributed by atoms with Crippen LogP contribution in [0.25, 0.3) is 5.69 Å². The van der Waals surface area contributed by atoms with Gasteiger partial charge in [0.2, 0.25) is 0 Å². The van der Waals surface area contributed by atoms with Gasteiger partial charge in [-0.2, -0.15) is 0 Å².